The molecule has 152 valence electrons. The molecule has 2 aromatic rings. The van der Waals surface area contributed by atoms with Gasteiger partial charge in [0.15, 0.2) is 17.7 Å². The molecule has 1 aliphatic rings. The van der Waals surface area contributed by atoms with E-state index in [0.29, 0.717) is 17.1 Å². The van der Waals surface area contributed by atoms with Crippen LogP contribution in [0.3, 0.4) is 0 Å². The Morgan fingerprint density at radius 1 is 1.25 bits per heavy atom. The number of carbonyl (C=O) groups excluding carboxylic acids is 1. The Labute approximate surface area is 168 Å². The van der Waals surface area contributed by atoms with Crippen molar-refractivity contribution in [3.05, 3.63) is 36.0 Å². The van der Waals surface area contributed by atoms with Gasteiger partial charge in [0.25, 0.3) is 11.1 Å². The van der Waals surface area contributed by atoms with Crippen molar-refractivity contribution in [1.82, 2.24) is 15.1 Å². The van der Waals surface area contributed by atoms with Gasteiger partial charge in [-0.1, -0.05) is 37.7 Å². The standard InChI is InChI=1S/C20H26FN3O3S/c1-12-9-13(2)11-24(10-12)19(25)15(4)28-20-23-22-18(27-20)14(3)26-17-8-6-5-7-16(17)21/h5-8,12-15H,9-11H2,1-4H3. The Morgan fingerprint density at radius 2 is 1.93 bits per heavy atom. The number of carbonyl (C=O) groups is 1. The van der Waals surface area contributed by atoms with Crippen molar-refractivity contribution >= 4 is 17.7 Å². The molecule has 1 aromatic carbocycles. The predicted octanol–water partition coefficient (Wildman–Crippen LogP) is 4.33. The lowest BCUT2D eigenvalue weighted by atomic mass is 9.92. The van der Waals surface area contributed by atoms with Gasteiger partial charge in [-0.05, 0) is 44.2 Å². The van der Waals surface area contributed by atoms with Crippen LogP contribution in [-0.4, -0.2) is 39.3 Å². The Hall–Kier alpha value is -2.09. The molecule has 4 atom stereocenters. The first-order valence-electron chi connectivity index (χ1n) is 9.53. The Kier molecular flexibility index (Phi) is 6.59. The minimum atomic E-state index is -0.603. The van der Waals surface area contributed by atoms with Crippen LogP contribution in [0.5, 0.6) is 5.75 Å². The minimum absolute atomic E-state index is 0.0822. The van der Waals surface area contributed by atoms with Crippen molar-refractivity contribution in [2.45, 2.75) is 50.7 Å². The summed E-state index contributed by atoms with van der Waals surface area (Å²) < 4.78 is 24.9. The number of halogens is 1. The van der Waals surface area contributed by atoms with Gasteiger partial charge in [-0.25, -0.2) is 4.39 Å². The molecule has 1 amide bonds. The molecule has 2 heterocycles. The van der Waals surface area contributed by atoms with Gasteiger partial charge in [0.1, 0.15) is 0 Å². The Balaban J connectivity index is 1.59. The fourth-order valence-electron chi connectivity index (χ4n) is 3.52. The van der Waals surface area contributed by atoms with Crippen LogP contribution in [0.1, 0.15) is 46.1 Å². The predicted molar refractivity (Wildman–Crippen MR) is 105 cm³/mol. The maximum Gasteiger partial charge on any atom is 0.277 e. The van der Waals surface area contributed by atoms with Gasteiger partial charge in [-0.3, -0.25) is 4.79 Å². The fourth-order valence-corrected chi connectivity index (χ4v) is 4.29. The Morgan fingerprint density at radius 3 is 2.61 bits per heavy atom. The molecule has 0 spiro atoms. The summed E-state index contributed by atoms with van der Waals surface area (Å²) in [6, 6.07) is 6.15. The van der Waals surface area contributed by atoms with Gasteiger partial charge < -0.3 is 14.1 Å². The largest absolute Gasteiger partial charge is 0.478 e. The zero-order valence-electron chi connectivity index (χ0n) is 16.6. The van der Waals surface area contributed by atoms with Crippen molar-refractivity contribution in [2.75, 3.05) is 13.1 Å². The van der Waals surface area contributed by atoms with E-state index < -0.39 is 11.9 Å². The van der Waals surface area contributed by atoms with E-state index in [1.807, 2.05) is 11.8 Å². The van der Waals surface area contributed by atoms with Crippen LogP contribution in [0, 0.1) is 17.7 Å². The van der Waals surface area contributed by atoms with E-state index in [1.165, 1.54) is 17.8 Å². The zero-order valence-corrected chi connectivity index (χ0v) is 17.4. The number of benzene rings is 1. The summed E-state index contributed by atoms with van der Waals surface area (Å²) in [6.07, 6.45) is 0.548. The van der Waals surface area contributed by atoms with Crippen molar-refractivity contribution in [2.24, 2.45) is 11.8 Å². The highest BCUT2D eigenvalue weighted by Crippen LogP contribution is 2.29. The van der Waals surface area contributed by atoms with Crippen molar-refractivity contribution in [3.63, 3.8) is 0 Å². The number of para-hydroxylation sites is 1. The number of nitrogens with zero attached hydrogens (tertiary/aromatic N) is 3. The number of thioether (sulfide) groups is 1. The lowest BCUT2D eigenvalue weighted by molar-refractivity contribution is -0.132. The molecule has 1 aliphatic heterocycles. The number of hydrogen-bond acceptors (Lipinski definition) is 6. The molecule has 0 aliphatic carbocycles. The molecule has 1 aromatic heterocycles. The Bertz CT molecular complexity index is 805. The number of piperidine rings is 1. The van der Waals surface area contributed by atoms with Crippen molar-refractivity contribution in [1.29, 1.82) is 0 Å². The van der Waals surface area contributed by atoms with Crippen LogP contribution in [0.25, 0.3) is 0 Å². The molecule has 0 bridgehead atoms. The van der Waals surface area contributed by atoms with Gasteiger partial charge in [0, 0.05) is 13.1 Å². The van der Waals surface area contributed by atoms with Crippen molar-refractivity contribution < 1.29 is 18.3 Å². The van der Waals surface area contributed by atoms with E-state index in [0.717, 1.165) is 19.5 Å². The summed E-state index contributed by atoms with van der Waals surface area (Å²) in [4.78, 5) is 14.7. The first-order chi connectivity index (χ1) is 13.3. The molecule has 1 saturated heterocycles. The summed E-state index contributed by atoms with van der Waals surface area (Å²) in [7, 11) is 0. The first-order valence-corrected chi connectivity index (χ1v) is 10.4. The number of likely N-dealkylation sites (tertiary alicyclic amines) is 1. The van der Waals surface area contributed by atoms with Crippen LogP contribution < -0.4 is 4.74 Å². The second kappa shape index (κ2) is 8.94. The van der Waals surface area contributed by atoms with Gasteiger partial charge in [0.05, 0.1) is 5.25 Å². The third-order valence-electron chi connectivity index (χ3n) is 4.72. The summed E-state index contributed by atoms with van der Waals surface area (Å²) >= 11 is 1.23. The van der Waals surface area contributed by atoms with Crippen LogP contribution in [0.2, 0.25) is 0 Å². The van der Waals surface area contributed by atoms with E-state index in [-0.39, 0.29) is 22.8 Å². The normalized spacial score (nSPS) is 22.0. The molecule has 28 heavy (non-hydrogen) atoms. The monoisotopic (exact) mass is 407 g/mol. The van der Waals surface area contributed by atoms with E-state index >= 15 is 0 Å². The van der Waals surface area contributed by atoms with E-state index in [2.05, 4.69) is 24.0 Å². The van der Waals surface area contributed by atoms with Gasteiger partial charge >= 0.3 is 0 Å². The summed E-state index contributed by atoms with van der Waals surface area (Å²) in [5, 5.41) is 7.96. The van der Waals surface area contributed by atoms with Crippen molar-refractivity contribution in [3.8, 4) is 5.75 Å². The molecule has 3 rings (SSSR count). The second-order valence-corrected chi connectivity index (χ2v) is 8.84. The molecular formula is C20H26FN3O3S. The van der Waals surface area contributed by atoms with Gasteiger partial charge in [-0.15, -0.1) is 10.2 Å². The van der Waals surface area contributed by atoms with Gasteiger partial charge in [-0.2, -0.15) is 0 Å². The number of rotatable bonds is 6. The highest BCUT2D eigenvalue weighted by molar-refractivity contribution is 8.00. The topological polar surface area (TPSA) is 68.5 Å². The minimum Gasteiger partial charge on any atom is -0.478 e. The zero-order chi connectivity index (χ0) is 20.3. The third kappa shape index (κ3) is 5.04. The van der Waals surface area contributed by atoms with Crippen LogP contribution in [0.15, 0.2) is 33.9 Å². The first kappa shape index (κ1) is 20.6. The SMILES string of the molecule is CC1CC(C)CN(C(=O)C(C)Sc2nnc(C(C)Oc3ccccc3F)o2)C1. The fraction of sp³-hybridized carbons (Fsp3) is 0.550. The summed E-state index contributed by atoms with van der Waals surface area (Å²) in [5.41, 5.74) is 0. The number of hydrogen-bond donors (Lipinski definition) is 0. The van der Waals surface area contributed by atoms with Crippen LogP contribution >= 0.6 is 11.8 Å². The molecule has 4 unspecified atom stereocenters. The van der Waals surface area contributed by atoms with Crippen LogP contribution in [0.4, 0.5) is 4.39 Å². The van der Waals surface area contributed by atoms with E-state index in [9.17, 15) is 9.18 Å². The van der Waals surface area contributed by atoms with E-state index in [4.69, 9.17) is 9.15 Å². The smallest absolute Gasteiger partial charge is 0.277 e. The molecule has 6 nitrogen and oxygen atoms in total. The number of amides is 1. The lowest BCUT2D eigenvalue weighted by Gasteiger charge is -2.36. The number of ether oxygens (including phenoxy) is 1. The summed E-state index contributed by atoms with van der Waals surface area (Å²) in [5.74, 6) is 1.02. The number of aromatic nitrogens is 2. The molecule has 0 saturated carbocycles. The molecular weight excluding hydrogens is 381 g/mol. The average Bonchev–Trinajstić information content (AvgIpc) is 3.10. The molecule has 0 radical (unpaired) electrons. The third-order valence-corrected chi connectivity index (χ3v) is 5.64. The second-order valence-electron chi connectivity index (χ2n) is 7.55. The maximum absolute atomic E-state index is 13.7. The quantitative estimate of drug-likeness (QED) is 0.664. The van der Waals surface area contributed by atoms with E-state index in [1.54, 1.807) is 25.1 Å². The van der Waals surface area contributed by atoms with Crippen LogP contribution in [-0.2, 0) is 4.79 Å². The average molecular weight is 408 g/mol. The molecule has 1 fully saturated rings. The van der Waals surface area contributed by atoms with Gasteiger partial charge in [0.2, 0.25) is 5.91 Å². The highest BCUT2D eigenvalue weighted by atomic mass is 32.2. The lowest BCUT2D eigenvalue weighted by Crippen LogP contribution is -2.45. The highest BCUT2D eigenvalue weighted by Gasteiger charge is 2.30. The molecule has 8 heteroatoms. The molecule has 0 N–H and O–H groups in total. The maximum atomic E-state index is 13.7. The summed E-state index contributed by atoms with van der Waals surface area (Å²) in [6.45, 7) is 9.48.